The average Bonchev–Trinajstić information content (AvgIpc) is 3.21. The lowest BCUT2D eigenvalue weighted by Crippen LogP contribution is -2.48. The molecule has 2 aliphatic heterocycles. The number of piperidine rings is 1. The van der Waals surface area contributed by atoms with Gasteiger partial charge < -0.3 is 15.0 Å². The van der Waals surface area contributed by atoms with E-state index in [0.717, 1.165) is 12.8 Å². The Morgan fingerprint density at radius 2 is 2.20 bits per heavy atom. The maximum absolute atomic E-state index is 13.2. The van der Waals surface area contributed by atoms with Crippen molar-refractivity contribution < 1.29 is 14.3 Å². The number of para-hydroxylation sites is 1. The summed E-state index contributed by atoms with van der Waals surface area (Å²) >= 11 is 0. The second-order valence-electron chi connectivity index (χ2n) is 6.51. The normalized spacial score (nSPS) is 22.4. The molecule has 2 aromatic rings. The number of hydrogen-bond acceptors (Lipinski definition) is 4. The lowest BCUT2D eigenvalue weighted by Gasteiger charge is -2.36. The number of nitrogens with zero attached hydrogens (tertiary/aromatic N) is 3. The number of nitrogens with one attached hydrogen (secondary N) is 1. The second kappa shape index (κ2) is 6.23. The Morgan fingerprint density at radius 3 is 3.00 bits per heavy atom. The third-order valence-corrected chi connectivity index (χ3v) is 4.89. The van der Waals surface area contributed by atoms with Gasteiger partial charge in [-0.25, -0.2) is 0 Å². The number of fused-ring (bicyclic) bond motifs is 1. The molecule has 7 heteroatoms. The molecule has 0 spiro atoms. The van der Waals surface area contributed by atoms with Crippen molar-refractivity contribution in [1.29, 1.82) is 0 Å². The number of amides is 2. The predicted molar refractivity (Wildman–Crippen MR) is 90.3 cm³/mol. The minimum atomic E-state index is -0.0934. The number of carbonyl (C=O) groups excluding carboxylic acids is 2. The minimum absolute atomic E-state index is 0.0578. The highest BCUT2D eigenvalue weighted by atomic mass is 16.5. The monoisotopic (exact) mass is 340 g/mol. The molecule has 25 heavy (non-hydrogen) atoms. The molecule has 0 radical (unpaired) electrons. The summed E-state index contributed by atoms with van der Waals surface area (Å²) in [5, 5.41) is 6.96. The maximum atomic E-state index is 13.2. The van der Waals surface area contributed by atoms with Gasteiger partial charge in [-0.1, -0.05) is 12.1 Å². The molecule has 2 aliphatic rings. The van der Waals surface area contributed by atoms with Crippen LogP contribution in [0, 0.1) is 5.92 Å². The summed E-state index contributed by atoms with van der Waals surface area (Å²) in [6, 6.07) is 7.13. The summed E-state index contributed by atoms with van der Waals surface area (Å²) in [6.45, 7) is 1.19. The van der Waals surface area contributed by atoms with Crippen molar-refractivity contribution in [2.24, 2.45) is 13.0 Å². The van der Waals surface area contributed by atoms with Crippen LogP contribution < -0.4 is 10.1 Å². The van der Waals surface area contributed by atoms with Crippen molar-refractivity contribution in [1.82, 2.24) is 20.0 Å². The zero-order valence-electron chi connectivity index (χ0n) is 14.0. The fourth-order valence-electron chi connectivity index (χ4n) is 3.67. The van der Waals surface area contributed by atoms with Crippen LogP contribution >= 0.6 is 0 Å². The van der Waals surface area contributed by atoms with E-state index in [1.165, 1.54) is 0 Å². The van der Waals surface area contributed by atoms with E-state index in [1.807, 2.05) is 24.1 Å². The number of aryl methyl sites for hydroxylation is 1. The van der Waals surface area contributed by atoms with E-state index in [1.54, 1.807) is 29.2 Å². The highest BCUT2D eigenvalue weighted by molar-refractivity contribution is 5.98. The predicted octanol–water partition coefficient (Wildman–Crippen LogP) is 1.56. The van der Waals surface area contributed by atoms with Gasteiger partial charge >= 0.3 is 0 Å². The molecule has 0 unspecified atom stereocenters. The molecule has 7 nitrogen and oxygen atoms in total. The number of benzene rings is 1. The number of likely N-dealkylation sites (tertiary alicyclic amines) is 1. The Bertz CT molecular complexity index is 816. The molecular formula is C18H20N4O3. The van der Waals surface area contributed by atoms with Gasteiger partial charge in [0.15, 0.2) is 5.75 Å². The fraction of sp³-hybridized carbons (Fsp3) is 0.389. The average molecular weight is 340 g/mol. The summed E-state index contributed by atoms with van der Waals surface area (Å²) in [6.07, 6.45) is 5.04. The van der Waals surface area contributed by atoms with E-state index in [2.05, 4.69) is 10.4 Å². The number of ether oxygens (including phenoxy) is 1. The van der Waals surface area contributed by atoms with Gasteiger partial charge in [-0.2, -0.15) is 5.10 Å². The molecule has 1 N–H and O–H groups in total. The van der Waals surface area contributed by atoms with E-state index in [9.17, 15) is 9.59 Å². The van der Waals surface area contributed by atoms with Crippen molar-refractivity contribution in [2.75, 3.05) is 13.1 Å². The van der Waals surface area contributed by atoms with Crippen LogP contribution in [0.3, 0.4) is 0 Å². The lowest BCUT2D eigenvalue weighted by atomic mass is 9.91. The number of carbonyl (C=O) groups is 2. The molecule has 2 fully saturated rings. The van der Waals surface area contributed by atoms with Crippen LogP contribution in [0.1, 0.15) is 23.2 Å². The van der Waals surface area contributed by atoms with Crippen LogP contribution in [0.5, 0.6) is 11.5 Å². The van der Waals surface area contributed by atoms with Gasteiger partial charge in [0.1, 0.15) is 5.75 Å². The first-order valence-corrected chi connectivity index (χ1v) is 8.47. The van der Waals surface area contributed by atoms with E-state index in [4.69, 9.17) is 4.74 Å². The Kier molecular flexibility index (Phi) is 3.91. The largest absolute Gasteiger partial charge is 0.453 e. The van der Waals surface area contributed by atoms with Crippen LogP contribution in [-0.2, 0) is 11.8 Å². The molecule has 3 heterocycles. The Labute approximate surface area is 145 Å². The van der Waals surface area contributed by atoms with Crippen LogP contribution in [0.4, 0.5) is 0 Å². The Hall–Kier alpha value is -2.83. The zero-order chi connectivity index (χ0) is 17.4. The van der Waals surface area contributed by atoms with Crippen molar-refractivity contribution in [3.8, 4) is 11.5 Å². The molecule has 1 aromatic heterocycles. The van der Waals surface area contributed by atoms with E-state index in [0.29, 0.717) is 30.2 Å². The third kappa shape index (κ3) is 2.86. The summed E-state index contributed by atoms with van der Waals surface area (Å²) in [4.78, 5) is 26.9. The van der Waals surface area contributed by atoms with Gasteiger partial charge in [0.2, 0.25) is 5.91 Å². The van der Waals surface area contributed by atoms with Crippen molar-refractivity contribution in [2.45, 2.75) is 18.9 Å². The van der Waals surface area contributed by atoms with Gasteiger partial charge in [0, 0.05) is 20.1 Å². The zero-order valence-corrected chi connectivity index (χ0v) is 14.0. The number of hydrogen-bond donors (Lipinski definition) is 1. The van der Waals surface area contributed by atoms with E-state index < -0.39 is 0 Å². The van der Waals surface area contributed by atoms with Gasteiger partial charge in [-0.05, 0) is 25.0 Å². The number of rotatable bonds is 3. The van der Waals surface area contributed by atoms with Crippen molar-refractivity contribution in [3.63, 3.8) is 0 Å². The molecule has 0 aliphatic carbocycles. The molecule has 1 aromatic carbocycles. The van der Waals surface area contributed by atoms with Crippen LogP contribution in [-0.4, -0.2) is 45.6 Å². The minimum Gasteiger partial charge on any atom is -0.453 e. The van der Waals surface area contributed by atoms with Crippen LogP contribution in [0.2, 0.25) is 0 Å². The fourth-order valence-corrected chi connectivity index (χ4v) is 3.67. The molecule has 0 saturated carbocycles. The first kappa shape index (κ1) is 15.7. The third-order valence-electron chi connectivity index (χ3n) is 4.89. The highest BCUT2D eigenvalue weighted by Crippen LogP contribution is 2.31. The SMILES string of the molecule is Cn1cc(Oc2ccccc2C(=O)N2CCC[C@H]3C(=O)NC[C@H]32)cn1. The van der Waals surface area contributed by atoms with Crippen LogP contribution in [0.15, 0.2) is 36.7 Å². The molecule has 4 rings (SSSR count). The van der Waals surface area contributed by atoms with Gasteiger partial charge in [-0.3, -0.25) is 14.3 Å². The van der Waals surface area contributed by atoms with E-state index >= 15 is 0 Å². The maximum Gasteiger partial charge on any atom is 0.257 e. The lowest BCUT2D eigenvalue weighted by molar-refractivity contribution is -0.123. The molecule has 2 saturated heterocycles. The summed E-state index contributed by atoms with van der Waals surface area (Å²) < 4.78 is 7.51. The molecule has 130 valence electrons. The van der Waals surface area contributed by atoms with Crippen molar-refractivity contribution >= 4 is 11.8 Å². The molecular weight excluding hydrogens is 320 g/mol. The first-order chi connectivity index (χ1) is 12.1. The topological polar surface area (TPSA) is 76.5 Å². The summed E-state index contributed by atoms with van der Waals surface area (Å²) in [5.41, 5.74) is 0.506. The standard InChI is InChI=1S/C18H20N4O3/c1-21-11-12(9-20-21)25-16-7-3-2-5-14(16)18(24)22-8-4-6-13-15(22)10-19-17(13)23/h2-3,5,7,9,11,13,15H,4,6,8,10H2,1H3,(H,19,23)/t13-,15-/m1/s1. The highest BCUT2D eigenvalue weighted by Gasteiger charge is 2.43. The first-order valence-electron chi connectivity index (χ1n) is 8.47. The second-order valence-corrected chi connectivity index (χ2v) is 6.51. The summed E-state index contributed by atoms with van der Waals surface area (Å²) in [5.74, 6) is 0.953. The Morgan fingerprint density at radius 1 is 1.36 bits per heavy atom. The Balaban J connectivity index is 1.61. The van der Waals surface area contributed by atoms with Gasteiger partial charge in [0.25, 0.3) is 5.91 Å². The van der Waals surface area contributed by atoms with Crippen molar-refractivity contribution in [3.05, 3.63) is 42.2 Å². The van der Waals surface area contributed by atoms with Crippen LogP contribution in [0.25, 0.3) is 0 Å². The molecule has 2 atom stereocenters. The summed E-state index contributed by atoms with van der Waals surface area (Å²) in [7, 11) is 1.81. The molecule has 0 bridgehead atoms. The number of aromatic nitrogens is 2. The smallest absolute Gasteiger partial charge is 0.257 e. The molecule has 2 amide bonds. The van der Waals surface area contributed by atoms with Gasteiger partial charge in [-0.15, -0.1) is 0 Å². The quantitative estimate of drug-likeness (QED) is 0.920. The van der Waals surface area contributed by atoms with E-state index in [-0.39, 0.29) is 23.8 Å². The van der Waals surface area contributed by atoms with Gasteiger partial charge in [0.05, 0.1) is 29.9 Å².